The van der Waals surface area contributed by atoms with Gasteiger partial charge in [-0.15, -0.1) is 0 Å². The Hall–Kier alpha value is -0.271. The number of carbonyl (C=O) groups excluding carboxylic acids is 1. The van der Waals surface area contributed by atoms with E-state index in [1.807, 2.05) is 0 Å². The van der Waals surface area contributed by atoms with E-state index in [9.17, 15) is 4.79 Å². The van der Waals surface area contributed by atoms with E-state index in [0.717, 1.165) is 10.9 Å². The zero-order valence-electron chi connectivity index (χ0n) is 12.2. The fourth-order valence-electron chi connectivity index (χ4n) is 1.86. The van der Waals surface area contributed by atoms with Crippen molar-refractivity contribution in [3.63, 3.8) is 0 Å². The van der Waals surface area contributed by atoms with Gasteiger partial charge in [0.25, 0.3) is 0 Å². The molecule has 0 aliphatic carbocycles. The Morgan fingerprint density at radius 1 is 1.06 bits per heavy atom. The van der Waals surface area contributed by atoms with Crippen LogP contribution in [0.2, 0.25) is 5.82 Å². The summed E-state index contributed by atoms with van der Waals surface area (Å²) >= 11 is 0.243. The third kappa shape index (κ3) is 9.73. The molecule has 0 radical (unpaired) electrons. The summed E-state index contributed by atoms with van der Waals surface area (Å²) in [4.78, 5) is 11.3. The van der Waals surface area contributed by atoms with Crippen LogP contribution in [-0.4, -0.2) is 28.0 Å². The Balaban J connectivity index is 3.48. The minimum atomic E-state index is -0.142. The second-order valence-electron chi connectivity index (χ2n) is 4.53. The van der Waals surface area contributed by atoms with Crippen LogP contribution in [0.3, 0.4) is 0 Å². The summed E-state index contributed by atoms with van der Waals surface area (Å²) in [6.45, 7) is 2.25. The van der Waals surface area contributed by atoms with E-state index in [1.54, 1.807) is 0 Å². The summed E-state index contributed by atoms with van der Waals surface area (Å²) in [6, 6.07) is 0. The first-order valence-corrected chi connectivity index (χ1v) is 9.65. The topological polar surface area (TPSA) is 26.3 Å². The number of unbranched alkanes of at least 4 members (excludes halogenated alkanes) is 8. The van der Waals surface area contributed by atoms with Gasteiger partial charge in [-0.05, 0) is 0 Å². The number of carbonyl (C=O) groups is 1. The molecule has 0 saturated carbocycles. The van der Waals surface area contributed by atoms with Crippen molar-refractivity contribution in [2.45, 2.75) is 70.5 Å². The van der Waals surface area contributed by atoms with Crippen molar-refractivity contribution in [3.8, 4) is 0 Å². The van der Waals surface area contributed by atoms with Gasteiger partial charge in [-0.2, -0.15) is 0 Å². The van der Waals surface area contributed by atoms with Crippen molar-refractivity contribution >= 4 is 20.9 Å². The van der Waals surface area contributed by atoms with Crippen LogP contribution in [0.5, 0.6) is 0 Å². The Kier molecular flexibility index (Phi) is 13.0. The molecule has 0 aliphatic rings. The van der Waals surface area contributed by atoms with Gasteiger partial charge in [-0.3, -0.25) is 0 Å². The van der Waals surface area contributed by atoms with Crippen molar-refractivity contribution in [2.24, 2.45) is 0 Å². The summed E-state index contributed by atoms with van der Waals surface area (Å²) in [5, 5.41) is 0. The third-order valence-electron chi connectivity index (χ3n) is 2.99. The van der Waals surface area contributed by atoms with E-state index in [2.05, 4.69) is 18.8 Å². The van der Waals surface area contributed by atoms with Crippen LogP contribution in [0.15, 0.2) is 10.5 Å². The fraction of sp³-hybridized carbons (Fsp3) is 0.800. The second kappa shape index (κ2) is 13.2. The van der Waals surface area contributed by atoms with Crippen LogP contribution in [0.4, 0.5) is 0 Å². The van der Waals surface area contributed by atoms with Gasteiger partial charge in [0.05, 0.1) is 0 Å². The van der Waals surface area contributed by atoms with E-state index >= 15 is 0 Å². The van der Waals surface area contributed by atoms with Crippen molar-refractivity contribution in [3.05, 3.63) is 10.5 Å². The minimum absolute atomic E-state index is 0.142. The summed E-state index contributed by atoms with van der Waals surface area (Å²) in [5.74, 6) is 1.92. The molecule has 0 aromatic carbocycles. The van der Waals surface area contributed by atoms with Gasteiger partial charge in [0.2, 0.25) is 0 Å². The van der Waals surface area contributed by atoms with Crippen LogP contribution < -0.4 is 0 Å². The molecule has 0 amide bonds. The SMILES string of the molecule is CCCCCCCCCC/C=C(\[Se]C)C(=O)OC. The first kappa shape index (κ1) is 17.7. The van der Waals surface area contributed by atoms with E-state index < -0.39 is 0 Å². The molecule has 18 heavy (non-hydrogen) atoms. The normalized spacial score (nSPS) is 11.6. The number of ether oxygens (including phenoxy) is 1. The molecule has 106 valence electrons. The van der Waals surface area contributed by atoms with Crippen LogP contribution in [0.25, 0.3) is 0 Å². The molecule has 0 aromatic heterocycles. The molecule has 0 aliphatic heterocycles. The van der Waals surface area contributed by atoms with Gasteiger partial charge < -0.3 is 0 Å². The molecular weight excluding hydrogens is 291 g/mol. The van der Waals surface area contributed by atoms with Crippen molar-refractivity contribution < 1.29 is 9.53 Å². The van der Waals surface area contributed by atoms with E-state index in [4.69, 9.17) is 4.74 Å². The Morgan fingerprint density at radius 2 is 1.61 bits per heavy atom. The number of allylic oxidation sites excluding steroid dienone is 1. The molecule has 0 fully saturated rings. The Bertz CT molecular complexity index is 237. The van der Waals surface area contributed by atoms with Crippen molar-refractivity contribution in [1.29, 1.82) is 0 Å². The molecule has 0 atom stereocenters. The predicted molar refractivity (Wildman–Crippen MR) is 78.9 cm³/mol. The molecule has 0 bridgehead atoms. The van der Waals surface area contributed by atoms with Gasteiger partial charge in [0.15, 0.2) is 0 Å². The number of esters is 1. The first-order chi connectivity index (χ1) is 8.76. The Morgan fingerprint density at radius 3 is 2.11 bits per heavy atom. The molecule has 0 aromatic rings. The van der Waals surface area contributed by atoms with Gasteiger partial charge in [-0.25, -0.2) is 0 Å². The quantitative estimate of drug-likeness (QED) is 0.245. The number of methoxy groups -OCH3 is 1. The maximum atomic E-state index is 11.3. The third-order valence-corrected chi connectivity index (χ3v) is 4.62. The summed E-state index contributed by atoms with van der Waals surface area (Å²) in [6.07, 6.45) is 13.8. The summed E-state index contributed by atoms with van der Waals surface area (Å²) in [7, 11) is 1.46. The molecule has 0 unspecified atom stereocenters. The van der Waals surface area contributed by atoms with E-state index in [1.165, 1.54) is 58.5 Å². The molecule has 3 heteroatoms. The first-order valence-electron chi connectivity index (χ1n) is 7.08. The van der Waals surface area contributed by atoms with E-state index in [-0.39, 0.29) is 20.9 Å². The fourth-order valence-corrected chi connectivity index (χ4v) is 2.98. The average molecular weight is 319 g/mol. The maximum absolute atomic E-state index is 11.3. The average Bonchev–Trinajstić information content (AvgIpc) is 2.40. The van der Waals surface area contributed by atoms with Gasteiger partial charge in [-0.1, -0.05) is 0 Å². The van der Waals surface area contributed by atoms with Crippen LogP contribution in [0, 0.1) is 0 Å². The monoisotopic (exact) mass is 320 g/mol. The van der Waals surface area contributed by atoms with Crippen LogP contribution in [0.1, 0.15) is 64.7 Å². The van der Waals surface area contributed by atoms with Crippen LogP contribution in [-0.2, 0) is 9.53 Å². The van der Waals surface area contributed by atoms with Crippen molar-refractivity contribution in [1.82, 2.24) is 0 Å². The number of hydrogen-bond donors (Lipinski definition) is 0. The molecular formula is C15H28O2Se. The molecule has 2 nitrogen and oxygen atoms in total. The summed E-state index contributed by atoms with van der Waals surface area (Å²) in [5.41, 5.74) is 0. The van der Waals surface area contributed by atoms with Gasteiger partial charge >= 0.3 is 119 Å². The number of rotatable bonds is 11. The van der Waals surface area contributed by atoms with E-state index in [0.29, 0.717) is 0 Å². The van der Waals surface area contributed by atoms with Gasteiger partial charge in [0.1, 0.15) is 0 Å². The molecule has 0 N–H and O–H groups in total. The predicted octanol–water partition coefficient (Wildman–Crippen LogP) is 4.33. The van der Waals surface area contributed by atoms with Crippen LogP contribution >= 0.6 is 0 Å². The molecule has 0 saturated heterocycles. The zero-order valence-corrected chi connectivity index (χ0v) is 13.9. The zero-order chi connectivity index (χ0) is 13.6. The van der Waals surface area contributed by atoms with Crippen molar-refractivity contribution in [2.75, 3.05) is 7.11 Å². The van der Waals surface area contributed by atoms with Gasteiger partial charge in [0, 0.05) is 0 Å². The summed E-state index contributed by atoms with van der Waals surface area (Å²) < 4.78 is 5.63. The molecule has 0 rings (SSSR count). The molecule has 0 spiro atoms. The number of hydrogen-bond acceptors (Lipinski definition) is 2. The molecule has 0 heterocycles. The Labute approximate surface area is 119 Å². The standard InChI is InChI=1S/C15H28O2Se/c1-4-5-6-7-8-9-10-11-12-13-14(18-3)15(16)17-2/h13H,4-12H2,1-3H3/b14-13-. The second-order valence-corrected chi connectivity index (χ2v) is 6.31.